The van der Waals surface area contributed by atoms with Crippen LogP contribution in [0.4, 0.5) is 0 Å². The monoisotopic (exact) mass is 154 g/mol. The van der Waals surface area contributed by atoms with Crippen LogP contribution in [0.25, 0.3) is 0 Å². The quantitative estimate of drug-likeness (QED) is 0.613. The van der Waals surface area contributed by atoms with Crippen LogP contribution in [0, 0.1) is 0 Å². The van der Waals surface area contributed by atoms with Crippen molar-refractivity contribution in [3.8, 4) is 5.88 Å². The molecule has 0 unspecified atom stereocenters. The van der Waals surface area contributed by atoms with Gasteiger partial charge >= 0.3 is 0 Å². The van der Waals surface area contributed by atoms with Crippen LogP contribution in [-0.2, 0) is 12.5 Å². The number of nitrogens with zero attached hydrogens (tertiary/aromatic N) is 2. The third-order valence-electron chi connectivity index (χ3n) is 1.53. The summed E-state index contributed by atoms with van der Waals surface area (Å²) in [6.07, 6.45) is 1.61. The number of hydrogen-bond acceptors (Lipinski definition) is 2. The van der Waals surface area contributed by atoms with E-state index < -0.39 is 0 Å². The first-order valence-electron chi connectivity index (χ1n) is 3.64. The number of rotatable bonds is 0. The summed E-state index contributed by atoms with van der Waals surface area (Å²) >= 11 is 0. The Labute approximate surface area is 66.7 Å². The molecule has 1 aromatic rings. The first-order valence-corrected chi connectivity index (χ1v) is 3.64. The van der Waals surface area contributed by atoms with Gasteiger partial charge in [0.25, 0.3) is 0 Å². The Morgan fingerprint density at radius 3 is 2.18 bits per heavy atom. The molecule has 0 atom stereocenters. The molecule has 3 heteroatoms. The van der Waals surface area contributed by atoms with Gasteiger partial charge in [-0.1, -0.05) is 20.8 Å². The van der Waals surface area contributed by atoms with E-state index >= 15 is 0 Å². The van der Waals surface area contributed by atoms with Crippen molar-refractivity contribution in [3.05, 3.63) is 12.0 Å². The molecular weight excluding hydrogens is 140 g/mol. The Balaban J connectivity index is 3.13. The molecule has 3 nitrogen and oxygen atoms in total. The Hall–Kier alpha value is -0.990. The number of aryl methyl sites for hydroxylation is 1. The van der Waals surface area contributed by atoms with Crippen molar-refractivity contribution in [1.29, 1.82) is 0 Å². The second kappa shape index (κ2) is 2.26. The fraction of sp³-hybridized carbons (Fsp3) is 0.625. The lowest BCUT2D eigenvalue weighted by Gasteiger charge is -2.16. The summed E-state index contributed by atoms with van der Waals surface area (Å²) in [5.74, 6) is 0.993. The standard InChI is InChI=1S/C8H14N2O/c1-8(2,3)7-9-6(11)5-10(7)4/h5,11H,1-4H3. The van der Waals surface area contributed by atoms with Gasteiger partial charge in [0.1, 0.15) is 5.82 Å². The molecule has 0 spiro atoms. The lowest BCUT2D eigenvalue weighted by Crippen LogP contribution is -2.16. The first-order chi connectivity index (χ1) is 4.91. The van der Waals surface area contributed by atoms with Crippen LogP contribution in [0.1, 0.15) is 26.6 Å². The molecule has 0 aliphatic carbocycles. The van der Waals surface area contributed by atoms with Gasteiger partial charge < -0.3 is 9.67 Å². The average molecular weight is 154 g/mol. The molecule has 11 heavy (non-hydrogen) atoms. The molecule has 0 fully saturated rings. The maximum absolute atomic E-state index is 9.07. The van der Waals surface area contributed by atoms with Gasteiger partial charge in [-0.15, -0.1) is 0 Å². The number of hydrogen-bond donors (Lipinski definition) is 1. The zero-order valence-corrected chi connectivity index (χ0v) is 7.42. The first kappa shape index (κ1) is 8.11. The Morgan fingerprint density at radius 2 is 2.00 bits per heavy atom. The second-order valence-electron chi connectivity index (χ2n) is 3.78. The Morgan fingerprint density at radius 1 is 1.45 bits per heavy atom. The fourth-order valence-corrected chi connectivity index (χ4v) is 1.15. The lowest BCUT2D eigenvalue weighted by molar-refractivity contribution is 0.449. The van der Waals surface area contributed by atoms with Gasteiger partial charge in [-0.2, -0.15) is 4.98 Å². The molecule has 0 aromatic carbocycles. The highest BCUT2D eigenvalue weighted by molar-refractivity contribution is 5.13. The largest absolute Gasteiger partial charge is 0.492 e. The van der Waals surface area contributed by atoms with E-state index in [1.165, 1.54) is 0 Å². The van der Waals surface area contributed by atoms with Crippen LogP contribution in [0.2, 0.25) is 0 Å². The zero-order valence-electron chi connectivity index (χ0n) is 7.42. The van der Waals surface area contributed by atoms with Crippen LogP contribution in [0.5, 0.6) is 5.88 Å². The Bertz CT molecular complexity index is 258. The number of aromatic hydroxyl groups is 1. The van der Waals surface area contributed by atoms with Crippen LogP contribution >= 0.6 is 0 Å². The Kier molecular flexibility index (Phi) is 1.66. The van der Waals surface area contributed by atoms with E-state index in [1.807, 2.05) is 11.6 Å². The molecule has 1 aromatic heterocycles. The van der Waals surface area contributed by atoms with E-state index in [0.29, 0.717) is 0 Å². The molecule has 0 saturated carbocycles. The van der Waals surface area contributed by atoms with Crippen molar-refractivity contribution < 1.29 is 5.11 Å². The van der Waals surface area contributed by atoms with E-state index in [9.17, 15) is 0 Å². The molecule has 1 rings (SSSR count). The zero-order chi connectivity index (χ0) is 8.65. The minimum atomic E-state index is -0.00424. The normalized spacial score (nSPS) is 12.0. The summed E-state index contributed by atoms with van der Waals surface area (Å²) < 4.78 is 1.84. The summed E-state index contributed by atoms with van der Waals surface area (Å²) in [5.41, 5.74) is -0.00424. The molecule has 0 amide bonds. The maximum Gasteiger partial charge on any atom is 0.229 e. The van der Waals surface area contributed by atoms with Gasteiger partial charge in [0.2, 0.25) is 5.88 Å². The predicted octanol–water partition coefficient (Wildman–Crippen LogP) is 1.42. The van der Waals surface area contributed by atoms with Crippen LogP contribution in [0.15, 0.2) is 6.20 Å². The third-order valence-corrected chi connectivity index (χ3v) is 1.53. The van der Waals surface area contributed by atoms with Gasteiger partial charge in [0, 0.05) is 12.5 Å². The topological polar surface area (TPSA) is 38.0 Å². The van der Waals surface area contributed by atoms with E-state index in [4.69, 9.17) is 5.11 Å². The minimum Gasteiger partial charge on any atom is -0.492 e. The van der Waals surface area contributed by atoms with E-state index in [1.54, 1.807) is 6.20 Å². The molecule has 0 saturated heterocycles. The van der Waals surface area contributed by atoms with Gasteiger partial charge in [0.15, 0.2) is 0 Å². The molecule has 0 radical (unpaired) electrons. The predicted molar refractivity (Wildman–Crippen MR) is 43.6 cm³/mol. The molecule has 1 N–H and O–H groups in total. The number of aromatic nitrogens is 2. The van der Waals surface area contributed by atoms with Gasteiger partial charge in [0.05, 0.1) is 6.20 Å². The average Bonchev–Trinajstić information content (AvgIpc) is 2.08. The van der Waals surface area contributed by atoms with E-state index in [0.717, 1.165) is 5.82 Å². The van der Waals surface area contributed by atoms with Crippen molar-refractivity contribution in [2.45, 2.75) is 26.2 Å². The highest BCUT2D eigenvalue weighted by Gasteiger charge is 2.19. The van der Waals surface area contributed by atoms with Crippen LogP contribution < -0.4 is 0 Å². The van der Waals surface area contributed by atoms with Crippen molar-refractivity contribution in [1.82, 2.24) is 9.55 Å². The summed E-state index contributed by atoms with van der Waals surface area (Å²) in [5, 5.41) is 9.07. The van der Waals surface area contributed by atoms with Gasteiger partial charge in [-0.3, -0.25) is 0 Å². The molecule has 0 bridgehead atoms. The molecule has 0 aliphatic rings. The molecular formula is C8H14N2O. The fourth-order valence-electron chi connectivity index (χ4n) is 1.15. The van der Waals surface area contributed by atoms with E-state index in [2.05, 4.69) is 25.8 Å². The lowest BCUT2D eigenvalue weighted by atomic mass is 9.96. The van der Waals surface area contributed by atoms with Crippen molar-refractivity contribution >= 4 is 0 Å². The maximum atomic E-state index is 9.07. The highest BCUT2D eigenvalue weighted by atomic mass is 16.3. The van der Waals surface area contributed by atoms with Gasteiger partial charge in [-0.25, -0.2) is 0 Å². The second-order valence-corrected chi connectivity index (χ2v) is 3.78. The molecule has 1 heterocycles. The summed E-state index contributed by atoms with van der Waals surface area (Å²) in [7, 11) is 1.88. The minimum absolute atomic E-state index is 0.00424. The van der Waals surface area contributed by atoms with E-state index in [-0.39, 0.29) is 11.3 Å². The summed E-state index contributed by atoms with van der Waals surface area (Å²) in [4.78, 5) is 4.00. The van der Waals surface area contributed by atoms with Crippen molar-refractivity contribution in [2.75, 3.05) is 0 Å². The van der Waals surface area contributed by atoms with Gasteiger partial charge in [-0.05, 0) is 0 Å². The van der Waals surface area contributed by atoms with Crippen molar-refractivity contribution in [2.24, 2.45) is 7.05 Å². The SMILES string of the molecule is Cn1cc(O)nc1C(C)(C)C. The van der Waals surface area contributed by atoms with Crippen molar-refractivity contribution in [3.63, 3.8) is 0 Å². The number of imidazole rings is 1. The summed E-state index contributed by atoms with van der Waals surface area (Å²) in [6.45, 7) is 6.19. The van der Waals surface area contributed by atoms with Crippen LogP contribution in [0.3, 0.4) is 0 Å². The smallest absolute Gasteiger partial charge is 0.229 e. The molecule has 0 aliphatic heterocycles. The third kappa shape index (κ3) is 1.53. The highest BCUT2D eigenvalue weighted by Crippen LogP contribution is 2.22. The summed E-state index contributed by atoms with van der Waals surface area (Å²) in [6, 6.07) is 0. The molecule has 62 valence electrons. The van der Waals surface area contributed by atoms with Crippen LogP contribution in [-0.4, -0.2) is 14.7 Å².